The number of rotatable bonds is 6. The molecule has 27 heavy (non-hydrogen) atoms. The van der Waals surface area contributed by atoms with E-state index in [4.69, 9.17) is 4.74 Å². The van der Waals surface area contributed by atoms with Crippen LogP contribution < -0.4 is 0 Å². The number of hydrogen-bond acceptors (Lipinski definition) is 5. The van der Waals surface area contributed by atoms with Crippen molar-refractivity contribution >= 4 is 21.7 Å². The van der Waals surface area contributed by atoms with E-state index in [0.29, 0.717) is 6.54 Å². The minimum Gasteiger partial charge on any atom is -0.452 e. The molecule has 2 aromatic carbocycles. The van der Waals surface area contributed by atoms with Gasteiger partial charge in [-0.3, -0.25) is 4.79 Å². The number of likely N-dealkylation sites (N-methyl/N-ethyl adjacent to an activating group) is 1. The van der Waals surface area contributed by atoms with Gasteiger partial charge >= 0.3 is 5.97 Å². The summed E-state index contributed by atoms with van der Waals surface area (Å²) in [6.07, 6.45) is 1.02. The largest absolute Gasteiger partial charge is 0.452 e. The predicted octanol–water partition coefficient (Wildman–Crippen LogP) is 2.52. The highest BCUT2D eigenvalue weighted by Crippen LogP contribution is 2.17. The van der Waals surface area contributed by atoms with Gasteiger partial charge in [0.25, 0.3) is 5.91 Å². The Morgan fingerprint density at radius 1 is 1.07 bits per heavy atom. The number of carbonyl (C=O) groups is 2. The van der Waals surface area contributed by atoms with Gasteiger partial charge in [0.05, 0.1) is 10.5 Å². The van der Waals surface area contributed by atoms with Crippen LogP contribution in [0.3, 0.4) is 0 Å². The third-order valence-electron chi connectivity index (χ3n) is 4.16. The van der Waals surface area contributed by atoms with Crippen molar-refractivity contribution in [2.45, 2.75) is 25.3 Å². The zero-order valence-electron chi connectivity index (χ0n) is 15.9. The molecule has 0 saturated carbocycles. The average Bonchev–Trinajstić information content (AvgIpc) is 2.60. The Kier molecular flexibility index (Phi) is 6.38. The Hall–Kier alpha value is -2.67. The maximum atomic E-state index is 12.3. The zero-order chi connectivity index (χ0) is 20.2. The molecule has 0 radical (unpaired) electrons. The Morgan fingerprint density at radius 2 is 1.74 bits per heavy atom. The quantitative estimate of drug-likeness (QED) is 0.709. The molecule has 0 aliphatic heterocycles. The Labute approximate surface area is 159 Å². The van der Waals surface area contributed by atoms with E-state index in [0.717, 1.165) is 22.9 Å². The van der Waals surface area contributed by atoms with E-state index >= 15 is 0 Å². The van der Waals surface area contributed by atoms with Crippen molar-refractivity contribution in [1.29, 1.82) is 0 Å². The first-order valence-electron chi connectivity index (χ1n) is 8.36. The molecule has 0 atom stereocenters. The fourth-order valence-electron chi connectivity index (χ4n) is 2.64. The summed E-state index contributed by atoms with van der Waals surface area (Å²) in [6.45, 7) is 3.91. The number of carbonyl (C=O) groups excluding carboxylic acids is 2. The lowest BCUT2D eigenvalue weighted by molar-refractivity contribution is -0.133. The highest BCUT2D eigenvalue weighted by molar-refractivity contribution is 7.90. The van der Waals surface area contributed by atoms with Crippen LogP contribution in [0.4, 0.5) is 0 Å². The maximum absolute atomic E-state index is 12.3. The van der Waals surface area contributed by atoms with Gasteiger partial charge in [-0.05, 0) is 37.1 Å². The van der Waals surface area contributed by atoms with Crippen molar-refractivity contribution in [3.05, 3.63) is 64.7 Å². The van der Waals surface area contributed by atoms with E-state index in [2.05, 4.69) is 0 Å². The minimum atomic E-state index is -3.58. The van der Waals surface area contributed by atoms with Crippen LogP contribution in [-0.2, 0) is 25.9 Å². The molecule has 0 saturated heterocycles. The van der Waals surface area contributed by atoms with Gasteiger partial charge in [-0.2, -0.15) is 0 Å². The summed E-state index contributed by atoms with van der Waals surface area (Å²) in [5.74, 6) is -1.22. The number of hydrogen-bond donors (Lipinski definition) is 0. The van der Waals surface area contributed by atoms with Crippen LogP contribution >= 0.6 is 0 Å². The first kappa shape index (κ1) is 20.6. The smallest absolute Gasteiger partial charge is 0.339 e. The zero-order valence-corrected chi connectivity index (χ0v) is 16.7. The molecule has 2 rings (SSSR count). The summed E-state index contributed by atoms with van der Waals surface area (Å²) in [5, 5.41) is 0. The molecule has 0 N–H and O–H groups in total. The van der Waals surface area contributed by atoms with Gasteiger partial charge in [0.2, 0.25) is 0 Å². The van der Waals surface area contributed by atoms with E-state index in [9.17, 15) is 18.0 Å². The van der Waals surface area contributed by atoms with Crippen LogP contribution in [0.5, 0.6) is 0 Å². The van der Waals surface area contributed by atoms with Gasteiger partial charge in [-0.1, -0.05) is 35.9 Å². The molecule has 144 valence electrons. The summed E-state index contributed by atoms with van der Waals surface area (Å²) in [6, 6.07) is 11.7. The normalized spacial score (nSPS) is 11.1. The lowest BCUT2D eigenvalue weighted by Crippen LogP contribution is -2.31. The molecule has 6 nitrogen and oxygen atoms in total. The van der Waals surface area contributed by atoms with Crippen LogP contribution in [0.1, 0.15) is 27.0 Å². The highest BCUT2D eigenvalue weighted by atomic mass is 32.2. The number of nitrogens with zero attached hydrogens (tertiary/aromatic N) is 1. The Bertz CT molecular complexity index is 966. The monoisotopic (exact) mass is 389 g/mol. The van der Waals surface area contributed by atoms with Crippen LogP contribution in [0.2, 0.25) is 0 Å². The molecule has 0 aliphatic rings. The number of esters is 1. The van der Waals surface area contributed by atoms with E-state index in [1.807, 2.05) is 32.0 Å². The van der Waals surface area contributed by atoms with E-state index in [1.165, 1.54) is 23.1 Å². The van der Waals surface area contributed by atoms with Crippen LogP contribution in [0, 0.1) is 13.8 Å². The van der Waals surface area contributed by atoms with Crippen LogP contribution in [0.25, 0.3) is 0 Å². The molecule has 0 bridgehead atoms. The average molecular weight is 389 g/mol. The summed E-state index contributed by atoms with van der Waals surface area (Å²) in [4.78, 5) is 25.9. The molecule has 0 aliphatic carbocycles. The fourth-order valence-corrected chi connectivity index (χ4v) is 3.52. The van der Waals surface area contributed by atoms with Gasteiger partial charge < -0.3 is 9.64 Å². The Morgan fingerprint density at radius 3 is 2.37 bits per heavy atom. The lowest BCUT2D eigenvalue weighted by atomic mass is 10.1. The number of aryl methyl sites for hydroxylation is 2. The molecule has 7 heteroatoms. The van der Waals surface area contributed by atoms with Crippen molar-refractivity contribution < 1.29 is 22.7 Å². The second-order valence-electron chi connectivity index (χ2n) is 6.52. The van der Waals surface area contributed by atoms with Gasteiger partial charge in [0.15, 0.2) is 16.4 Å². The summed E-state index contributed by atoms with van der Waals surface area (Å²) in [5.41, 5.74) is 3.15. The standard InChI is InChI=1S/C20H23NO5S/c1-14-9-10-16(15(2)11-14)12-21(3)19(22)13-26-20(23)17-7-5-6-8-18(17)27(4,24)25/h5-11H,12-13H2,1-4H3. The number of sulfone groups is 1. The third kappa shape index (κ3) is 5.40. The van der Waals surface area contributed by atoms with E-state index in [1.54, 1.807) is 13.1 Å². The van der Waals surface area contributed by atoms with Gasteiger partial charge in [0.1, 0.15) is 0 Å². The minimum absolute atomic E-state index is 0.0789. The van der Waals surface area contributed by atoms with Crippen molar-refractivity contribution in [3.63, 3.8) is 0 Å². The van der Waals surface area contributed by atoms with Crippen molar-refractivity contribution in [2.75, 3.05) is 19.9 Å². The number of ether oxygens (including phenoxy) is 1. The predicted molar refractivity (Wildman–Crippen MR) is 102 cm³/mol. The summed E-state index contributed by atoms with van der Waals surface area (Å²) >= 11 is 0. The molecule has 0 aromatic heterocycles. The number of amides is 1. The van der Waals surface area contributed by atoms with E-state index in [-0.39, 0.29) is 16.4 Å². The van der Waals surface area contributed by atoms with Crippen molar-refractivity contribution in [1.82, 2.24) is 4.90 Å². The first-order valence-corrected chi connectivity index (χ1v) is 10.2. The lowest BCUT2D eigenvalue weighted by Gasteiger charge is -2.19. The van der Waals surface area contributed by atoms with Crippen molar-refractivity contribution in [2.24, 2.45) is 0 Å². The SMILES string of the molecule is Cc1ccc(CN(C)C(=O)COC(=O)c2ccccc2S(C)(=O)=O)c(C)c1. The summed E-state index contributed by atoms with van der Waals surface area (Å²) < 4.78 is 28.6. The van der Waals surface area contributed by atoms with Gasteiger partial charge in [-0.25, -0.2) is 13.2 Å². The maximum Gasteiger partial charge on any atom is 0.339 e. The molecule has 2 aromatic rings. The van der Waals surface area contributed by atoms with Gasteiger partial charge in [-0.15, -0.1) is 0 Å². The molecule has 0 heterocycles. The van der Waals surface area contributed by atoms with Crippen molar-refractivity contribution in [3.8, 4) is 0 Å². The van der Waals surface area contributed by atoms with Crippen LogP contribution in [0.15, 0.2) is 47.4 Å². The number of benzene rings is 2. The second-order valence-corrected chi connectivity index (χ2v) is 8.51. The molecular formula is C20H23NO5S. The summed E-state index contributed by atoms with van der Waals surface area (Å²) in [7, 11) is -1.95. The third-order valence-corrected chi connectivity index (χ3v) is 5.32. The van der Waals surface area contributed by atoms with Crippen LogP contribution in [-0.4, -0.2) is 45.1 Å². The Balaban J connectivity index is 2.02. The molecule has 0 unspecified atom stereocenters. The van der Waals surface area contributed by atoms with E-state index < -0.39 is 22.4 Å². The topological polar surface area (TPSA) is 80.8 Å². The molecule has 0 spiro atoms. The first-order chi connectivity index (χ1) is 12.6. The fraction of sp³-hybridized carbons (Fsp3) is 0.300. The molecular weight excluding hydrogens is 366 g/mol. The molecule has 0 fully saturated rings. The second kappa shape index (κ2) is 8.35. The van der Waals surface area contributed by atoms with Gasteiger partial charge in [0, 0.05) is 19.8 Å². The molecule has 1 amide bonds. The highest BCUT2D eigenvalue weighted by Gasteiger charge is 2.21.